The molecule has 0 aromatic carbocycles. The molecule has 0 spiro atoms. The molecule has 0 aromatic rings. The second kappa shape index (κ2) is 3.82. The number of amides is 1. The largest absolute Gasteiger partial charge is 0.467 e. The van der Waals surface area contributed by atoms with E-state index in [0.29, 0.717) is 5.57 Å². The van der Waals surface area contributed by atoms with Gasteiger partial charge in [0, 0.05) is 11.0 Å². The van der Waals surface area contributed by atoms with Crippen molar-refractivity contribution in [1.29, 1.82) is 0 Å². The van der Waals surface area contributed by atoms with Crippen LogP contribution in [0.15, 0.2) is 11.6 Å². The van der Waals surface area contributed by atoms with E-state index >= 15 is 0 Å². The zero-order valence-corrected chi connectivity index (χ0v) is 11.4. The average molecular weight is 253 g/mol. The molecular weight excluding hydrogens is 234 g/mol. The first-order valence-corrected chi connectivity index (χ1v) is 5.97. The molecule has 0 bridgehead atoms. The quantitative estimate of drug-likeness (QED) is 0.656. The van der Waals surface area contributed by atoms with E-state index in [2.05, 4.69) is 0 Å². The van der Waals surface area contributed by atoms with Crippen molar-refractivity contribution in [3.63, 3.8) is 0 Å². The lowest BCUT2D eigenvalue weighted by molar-refractivity contribution is -0.156. The van der Waals surface area contributed by atoms with Crippen LogP contribution in [-0.4, -0.2) is 42.3 Å². The average Bonchev–Trinajstić information content (AvgIpc) is 2.76. The summed E-state index contributed by atoms with van der Waals surface area (Å²) in [5, 5.41) is 0. The Bertz CT molecular complexity index is 435. The van der Waals surface area contributed by atoms with Crippen LogP contribution < -0.4 is 0 Å². The number of ether oxygens (including phenoxy) is 2. The van der Waals surface area contributed by atoms with Gasteiger partial charge in [-0.05, 0) is 13.0 Å². The second-order valence-electron chi connectivity index (χ2n) is 5.95. The monoisotopic (exact) mass is 253 g/mol. The number of carbonyl (C=O) groups is 2. The molecule has 0 aromatic heterocycles. The fourth-order valence-corrected chi connectivity index (χ4v) is 2.60. The number of fused-ring (bicyclic) bond motifs is 1. The predicted molar refractivity (Wildman–Crippen MR) is 64.5 cm³/mol. The lowest BCUT2D eigenvalue weighted by atomic mass is 9.92. The maximum Gasteiger partial charge on any atom is 0.338 e. The van der Waals surface area contributed by atoms with E-state index in [1.807, 2.05) is 20.8 Å². The molecule has 2 aliphatic heterocycles. The van der Waals surface area contributed by atoms with Crippen LogP contribution in [0.5, 0.6) is 0 Å². The van der Waals surface area contributed by atoms with Gasteiger partial charge in [0.25, 0.3) is 5.91 Å². The summed E-state index contributed by atoms with van der Waals surface area (Å²) in [6, 6.07) is 0. The Balaban J connectivity index is 2.47. The van der Waals surface area contributed by atoms with E-state index in [1.165, 1.54) is 12.0 Å². The van der Waals surface area contributed by atoms with E-state index in [0.717, 1.165) is 0 Å². The molecule has 0 radical (unpaired) electrons. The highest BCUT2D eigenvalue weighted by Crippen LogP contribution is 2.43. The van der Waals surface area contributed by atoms with Gasteiger partial charge in [-0.15, -0.1) is 0 Å². The van der Waals surface area contributed by atoms with E-state index in [1.54, 1.807) is 13.0 Å². The molecule has 5 heteroatoms. The van der Waals surface area contributed by atoms with Crippen LogP contribution >= 0.6 is 0 Å². The molecular formula is C13H19NO4. The summed E-state index contributed by atoms with van der Waals surface area (Å²) in [5.41, 5.74) is -0.768. The van der Waals surface area contributed by atoms with Crippen LogP contribution in [0.2, 0.25) is 0 Å². The van der Waals surface area contributed by atoms with Gasteiger partial charge in [-0.3, -0.25) is 9.69 Å². The highest BCUT2D eigenvalue weighted by molar-refractivity contribution is 6.04. The smallest absolute Gasteiger partial charge is 0.338 e. The fourth-order valence-electron chi connectivity index (χ4n) is 2.60. The number of hydrogen-bond donors (Lipinski definition) is 0. The number of hydrogen-bond acceptors (Lipinski definition) is 4. The van der Waals surface area contributed by atoms with Crippen molar-refractivity contribution in [1.82, 2.24) is 4.90 Å². The lowest BCUT2D eigenvalue weighted by Gasteiger charge is -2.36. The Labute approximate surface area is 107 Å². The lowest BCUT2D eigenvalue weighted by Crippen LogP contribution is -2.55. The van der Waals surface area contributed by atoms with Crippen molar-refractivity contribution in [2.24, 2.45) is 5.41 Å². The van der Waals surface area contributed by atoms with Crippen molar-refractivity contribution < 1.29 is 19.1 Å². The summed E-state index contributed by atoms with van der Waals surface area (Å²) in [4.78, 5) is 25.8. The Hall–Kier alpha value is -1.36. The van der Waals surface area contributed by atoms with Gasteiger partial charge in [-0.1, -0.05) is 20.8 Å². The summed E-state index contributed by atoms with van der Waals surface area (Å²) < 4.78 is 10.5. The van der Waals surface area contributed by atoms with Crippen LogP contribution in [0.25, 0.3) is 0 Å². The fraction of sp³-hybridized carbons (Fsp3) is 0.692. The van der Waals surface area contributed by atoms with Crippen LogP contribution in [0.1, 0.15) is 27.7 Å². The normalized spacial score (nSPS) is 31.4. The number of nitrogens with zero attached hydrogens (tertiary/aromatic N) is 1. The van der Waals surface area contributed by atoms with E-state index < -0.39 is 17.7 Å². The Morgan fingerprint density at radius 2 is 2.17 bits per heavy atom. The molecule has 1 fully saturated rings. The minimum atomic E-state index is -1.08. The zero-order chi connectivity index (χ0) is 13.7. The first-order valence-electron chi connectivity index (χ1n) is 5.97. The second-order valence-corrected chi connectivity index (χ2v) is 5.95. The van der Waals surface area contributed by atoms with Crippen LogP contribution in [0.4, 0.5) is 0 Å². The van der Waals surface area contributed by atoms with Gasteiger partial charge in [-0.2, -0.15) is 0 Å². The summed E-state index contributed by atoms with van der Waals surface area (Å²) in [5.74, 6) is -0.600. The number of carbonyl (C=O) groups excluding carboxylic acids is 2. The molecule has 100 valence electrons. The van der Waals surface area contributed by atoms with E-state index in [-0.39, 0.29) is 17.9 Å². The van der Waals surface area contributed by atoms with Crippen molar-refractivity contribution >= 4 is 11.9 Å². The third-order valence-electron chi connectivity index (χ3n) is 3.42. The van der Waals surface area contributed by atoms with Crippen molar-refractivity contribution in [2.45, 2.75) is 39.5 Å². The summed E-state index contributed by atoms with van der Waals surface area (Å²) >= 11 is 0. The standard InChI is InChI=1S/C13H19NO4/c1-8-6-13(11(16)17-5)7-18-10(12(2,3)4)14(13)9(8)15/h6,10H,7H2,1-5H3/t10-,13+/m1/s1. The van der Waals surface area contributed by atoms with Gasteiger partial charge in [0.05, 0.1) is 13.7 Å². The first-order chi connectivity index (χ1) is 8.24. The van der Waals surface area contributed by atoms with Crippen LogP contribution in [0.3, 0.4) is 0 Å². The molecule has 5 nitrogen and oxygen atoms in total. The molecule has 1 saturated heterocycles. The van der Waals surface area contributed by atoms with Gasteiger partial charge in [0.15, 0.2) is 5.54 Å². The minimum absolute atomic E-state index is 0.155. The summed E-state index contributed by atoms with van der Waals surface area (Å²) in [6.07, 6.45) is 1.24. The van der Waals surface area contributed by atoms with Crippen molar-refractivity contribution in [3.8, 4) is 0 Å². The van der Waals surface area contributed by atoms with Crippen LogP contribution in [-0.2, 0) is 19.1 Å². The highest BCUT2D eigenvalue weighted by atomic mass is 16.6. The Kier molecular flexibility index (Phi) is 2.77. The molecule has 0 N–H and O–H groups in total. The predicted octanol–water partition coefficient (Wildman–Crippen LogP) is 1.09. The first kappa shape index (κ1) is 13.1. The van der Waals surface area contributed by atoms with Crippen LogP contribution in [0, 0.1) is 5.41 Å². The summed E-state index contributed by atoms with van der Waals surface area (Å²) in [6.45, 7) is 7.81. The zero-order valence-electron chi connectivity index (χ0n) is 11.4. The molecule has 0 saturated carbocycles. The van der Waals surface area contributed by atoms with Gasteiger partial charge in [0.2, 0.25) is 0 Å². The Morgan fingerprint density at radius 1 is 1.56 bits per heavy atom. The topological polar surface area (TPSA) is 55.8 Å². The van der Waals surface area contributed by atoms with Gasteiger partial charge >= 0.3 is 5.97 Å². The minimum Gasteiger partial charge on any atom is -0.467 e. The highest BCUT2D eigenvalue weighted by Gasteiger charge is 2.60. The van der Waals surface area contributed by atoms with E-state index in [9.17, 15) is 9.59 Å². The SMILES string of the molecule is COC(=O)[C@@]12C=C(C)C(=O)N1[C@@H](C(C)(C)C)OC2. The van der Waals surface area contributed by atoms with Gasteiger partial charge in [0.1, 0.15) is 6.23 Å². The third-order valence-corrected chi connectivity index (χ3v) is 3.42. The molecule has 0 aliphatic carbocycles. The van der Waals surface area contributed by atoms with Gasteiger partial charge in [-0.25, -0.2) is 4.79 Å². The molecule has 2 aliphatic rings. The van der Waals surface area contributed by atoms with E-state index in [4.69, 9.17) is 9.47 Å². The maximum absolute atomic E-state index is 12.2. The Morgan fingerprint density at radius 3 is 2.67 bits per heavy atom. The maximum atomic E-state index is 12.2. The molecule has 2 heterocycles. The summed E-state index contributed by atoms with van der Waals surface area (Å²) in [7, 11) is 1.33. The number of methoxy groups -OCH3 is 1. The molecule has 18 heavy (non-hydrogen) atoms. The third kappa shape index (κ3) is 1.57. The van der Waals surface area contributed by atoms with Crippen molar-refractivity contribution in [3.05, 3.63) is 11.6 Å². The van der Waals surface area contributed by atoms with Crippen molar-refractivity contribution in [2.75, 3.05) is 13.7 Å². The molecule has 2 atom stereocenters. The molecule has 1 amide bonds. The van der Waals surface area contributed by atoms with Gasteiger partial charge < -0.3 is 9.47 Å². The number of rotatable bonds is 1. The number of esters is 1. The molecule has 0 unspecified atom stereocenters. The molecule has 2 rings (SSSR count).